The van der Waals surface area contributed by atoms with Crippen molar-refractivity contribution in [2.24, 2.45) is 0 Å². The monoisotopic (exact) mass is 283 g/mol. The van der Waals surface area contributed by atoms with Gasteiger partial charge in [0.05, 0.1) is 18.5 Å². The van der Waals surface area contributed by atoms with Gasteiger partial charge in [0.1, 0.15) is 5.75 Å². The van der Waals surface area contributed by atoms with E-state index in [1.165, 1.54) is 0 Å². The van der Waals surface area contributed by atoms with Crippen molar-refractivity contribution in [3.8, 4) is 5.75 Å². The van der Waals surface area contributed by atoms with Crippen LogP contribution in [0, 0.1) is 0 Å². The molecule has 0 aromatic heterocycles. The van der Waals surface area contributed by atoms with Gasteiger partial charge in [0.2, 0.25) is 5.91 Å². The lowest BCUT2D eigenvalue weighted by atomic mass is 10.0. The minimum Gasteiger partial charge on any atom is -0.497 e. The van der Waals surface area contributed by atoms with Crippen LogP contribution in [0.1, 0.15) is 12.0 Å². The number of nitrogens with one attached hydrogen (secondary N) is 2. The van der Waals surface area contributed by atoms with Crippen molar-refractivity contribution in [1.82, 2.24) is 0 Å². The number of rotatable bonds is 3. The Balaban J connectivity index is 1.86. The van der Waals surface area contributed by atoms with Crippen LogP contribution in [0.15, 0.2) is 36.4 Å². The molecule has 0 saturated carbocycles. The highest BCUT2D eigenvalue weighted by Gasteiger charge is 2.16. The lowest BCUT2D eigenvalue weighted by Crippen LogP contribution is -2.19. The average molecular weight is 283 g/mol. The summed E-state index contributed by atoms with van der Waals surface area (Å²) in [6.45, 7) is 0. The molecular formula is C16H17N3O2. The zero-order valence-electron chi connectivity index (χ0n) is 11.8. The van der Waals surface area contributed by atoms with Crippen LogP contribution >= 0.6 is 0 Å². The number of fused-ring (bicyclic) bond motifs is 1. The lowest BCUT2D eigenvalue weighted by molar-refractivity contribution is -0.116. The van der Waals surface area contributed by atoms with Gasteiger partial charge in [-0.05, 0) is 48.4 Å². The maximum atomic E-state index is 11.4. The molecule has 2 aromatic carbocycles. The summed E-state index contributed by atoms with van der Waals surface area (Å²) >= 11 is 0. The molecule has 2 aromatic rings. The third-order valence-electron chi connectivity index (χ3n) is 3.54. The molecule has 5 heteroatoms. The number of nitrogen functional groups attached to an aromatic ring is 1. The molecule has 3 rings (SSSR count). The molecule has 0 fully saturated rings. The molecule has 5 nitrogen and oxygen atoms in total. The first-order valence-corrected chi connectivity index (χ1v) is 6.79. The van der Waals surface area contributed by atoms with E-state index in [9.17, 15) is 4.79 Å². The number of hydrogen-bond acceptors (Lipinski definition) is 4. The van der Waals surface area contributed by atoms with Gasteiger partial charge in [0.15, 0.2) is 0 Å². The molecule has 1 heterocycles. The molecule has 1 aliphatic heterocycles. The molecule has 0 unspecified atom stereocenters. The van der Waals surface area contributed by atoms with Gasteiger partial charge in [-0.25, -0.2) is 0 Å². The Hall–Kier alpha value is -2.69. The van der Waals surface area contributed by atoms with Crippen molar-refractivity contribution in [2.45, 2.75) is 12.8 Å². The molecule has 0 aliphatic carbocycles. The Bertz CT molecular complexity index is 681. The first-order chi connectivity index (χ1) is 10.2. The summed E-state index contributed by atoms with van der Waals surface area (Å²) in [5, 5.41) is 6.14. The highest BCUT2D eigenvalue weighted by Crippen LogP contribution is 2.32. The maximum Gasteiger partial charge on any atom is 0.224 e. The first-order valence-electron chi connectivity index (χ1n) is 6.79. The summed E-state index contributed by atoms with van der Waals surface area (Å²) in [5.74, 6) is 0.847. The number of amides is 1. The number of benzene rings is 2. The molecule has 0 spiro atoms. The maximum absolute atomic E-state index is 11.4. The van der Waals surface area contributed by atoms with Crippen LogP contribution in [0.5, 0.6) is 5.75 Å². The molecule has 0 saturated heterocycles. The fraction of sp³-hybridized carbons (Fsp3) is 0.188. The highest BCUT2D eigenvalue weighted by atomic mass is 16.5. The lowest BCUT2D eigenvalue weighted by Gasteiger charge is -2.20. The summed E-state index contributed by atoms with van der Waals surface area (Å²) in [6, 6.07) is 11.4. The fourth-order valence-corrected chi connectivity index (χ4v) is 2.38. The van der Waals surface area contributed by atoms with Crippen LogP contribution in [0.3, 0.4) is 0 Å². The Morgan fingerprint density at radius 3 is 2.67 bits per heavy atom. The van der Waals surface area contributed by atoms with Gasteiger partial charge < -0.3 is 21.1 Å². The van der Waals surface area contributed by atoms with Crippen molar-refractivity contribution in [3.63, 3.8) is 0 Å². The Morgan fingerprint density at radius 2 is 1.95 bits per heavy atom. The zero-order chi connectivity index (χ0) is 14.8. The van der Waals surface area contributed by atoms with Crippen LogP contribution in [0.2, 0.25) is 0 Å². The van der Waals surface area contributed by atoms with Gasteiger partial charge in [-0.3, -0.25) is 4.79 Å². The Kier molecular flexibility index (Phi) is 3.39. The van der Waals surface area contributed by atoms with Crippen LogP contribution in [-0.2, 0) is 11.2 Å². The summed E-state index contributed by atoms with van der Waals surface area (Å²) in [4.78, 5) is 11.4. The van der Waals surface area contributed by atoms with Crippen molar-refractivity contribution >= 4 is 28.7 Å². The zero-order valence-corrected chi connectivity index (χ0v) is 11.8. The summed E-state index contributed by atoms with van der Waals surface area (Å²) in [7, 11) is 1.64. The Morgan fingerprint density at radius 1 is 1.19 bits per heavy atom. The predicted octanol–water partition coefficient (Wildman–Crippen LogP) is 2.91. The molecule has 21 heavy (non-hydrogen) atoms. The van der Waals surface area contributed by atoms with Crippen LogP contribution in [-0.4, -0.2) is 13.0 Å². The van der Waals surface area contributed by atoms with E-state index in [-0.39, 0.29) is 5.91 Å². The number of anilines is 4. The van der Waals surface area contributed by atoms with Gasteiger partial charge in [-0.2, -0.15) is 0 Å². The quantitative estimate of drug-likeness (QED) is 0.757. The average Bonchev–Trinajstić information content (AvgIpc) is 2.49. The molecular weight excluding hydrogens is 266 g/mol. The number of carbonyl (C=O) groups excluding carboxylic acids is 1. The SMILES string of the molecule is COc1ccc(Nc2cc3c(cc2N)NC(=O)CC3)cc1. The molecule has 108 valence electrons. The van der Waals surface area contributed by atoms with Crippen molar-refractivity contribution in [2.75, 3.05) is 23.5 Å². The third kappa shape index (κ3) is 2.76. The second kappa shape index (κ2) is 5.36. The normalized spacial score (nSPS) is 13.3. The number of hydrogen-bond donors (Lipinski definition) is 3. The molecule has 4 N–H and O–H groups in total. The topological polar surface area (TPSA) is 76.4 Å². The van der Waals surface area contributed by atoms with Gasteiger partial charge in [0, 0.05) is 17.8 Å². The van der Waals surface area contributed by atoms with E-state index in [1.807, 2.05) is 30.3 Å². The Labute approximate surface area is 123 Å². The molecule has 1 amide bonds. The van der Waals surface area contributed by atoms with E-state index in [0.717, 1.165) is 34.8 Å². The summed E-state index contributed by atoms with van der Waals surface area (Å²) in [5.41, 5.74) is 10.3. The van der Waals surface area contributed by atoms with Crippen molar-refractivity contribution < 1.29 is 9.53 Å². The molecule has 1 aliphatic rings. The number of carbonyl (C=O) groups is 1. The fourth-order valence-electron chi connectivity index (χ4n) is 2.38. The van der Waals surface area contributed by atoms with Crippen LogP contribution in [0.4, 0.5) is 22.7 Å². The minimum absolute atomic E-state index is 0.0396. The van der Waals surface area contributed by atoms with Gasteiger partial charge in [0.25, 0.3) is 0 Å². The van der Waals surface area contributed by atoms with E-state index in [4.69, 9.17) is 10.5 Å². The third-order valence-corrected chi connectivity index (χ3v) is 3.54. The van der Waals surface area contributed by atoms with Crippen LogP contribution in [0.25, 0.3) is 0 Å². The standard InChI is InChI=1S/C16H17N3O2/c1-21-12-5-3-11(4-6-12)18-15-8-10-2-7-16(20)19-14(10)9-13(15)17/h3-6,8-9,18H,2,7,17H2,1H3,(H,19,20). The number of methoxy groups -OCH3 is 1. The first kappa shape index (κ1) is 13.3. The number of nitrogens with two attached hydrogens (primary N) is 1. The van der Waals surface area contributed by atoms with Crippen molar-refractivity contribution in [1.29, 1.82) is 0 Å². The van der Waals surface area contributed by atoms with Crippen molar-refractivity contribution in [3.05, 3.63) is 42.0 Å². The largest absolute Gasteiger partial charge is 0.497 e. The van der Waals surface area contributed by atoms with E-state index < -0.39 is 0 Å². The van der Waals surface area contributed by atoms with Gasteiger partial charge >= 0.3 is 0 Å². The van der Waals surface area contributed by atoms with E-state index >= 15 is 0 Å². The minimum atomic E-state index is 0.0396. The highest BCUT2D eigenvalue weighted by molar-refractivity contribution is 5.95. The van der Waals surface area contributed by atoms with E-state index in [2.05, 4.69) is 10.6 Å². The van der Waals surface area contributed by atoms with Crippen LogP contribution < -0.4 is 21.1 Å². The smallest absolute Gasteiger partial charge is 0.224 e. The summed E-state index contributed by atoms with van der Waals surface area (Å²) in [6.07, 6.45) is 1.25. The molecule has 0 atom stereocenters. The second-order valence-corrected chi connectivity index (χ2v) is 5.00. The number of ether oxygens (including phenoxy) is 1. The van der Waals surface area contributed by atoms with Gasteiger partial charge in [-0.1, -0.05) is 0 Å². The van der Waals surface area contributed by atoms with E-state index in [1.54, 1.807) is 13.2 Å². The molecule has 0 bridgehead atoms. The van der Waals surface area contributed by atoms with Gasteiger partial charge in [-0.15, -0.1) is 0 Å². The summed E-state index contributed by atoms with van der Waals surface area (Å²) < 4.78 is 5.13. The second-order valence-electron chi connectivity index (χ2n) is 5.00. The van der Waals surface area contributed by atoms with E-state index in [0.29, 0.717) is 12.1 Å². The number of aryl methyl sites for hydroxylation is 1. The molecule has 0 radical (unpaired) electrons. The predicted molar refractivity (Wildman–Crippen MR) is 84.1 cm³/mol.